The highest BCUT2D eigenvalue weighted by atomic mass is 16.5. The van der Waals surface area contributed by atoms with Crippen molar-refractivity contribution in [1.82, 2.24) is 10.3 Å². The summed E-state index contributed by atoms with van der Waals surface area (Å²) in [5, 5.41) is 2.82. The molecular weight excluding hydrogens is 466 g/mol. The highest BCUT2D eigenvalue weighted by molar-refractivity contribution is 6.02. The molecule has 188 valence electrons. The van der Waals surface area contributed by atoms with Gasteiger partial charge in [0.25, 0.3) is 11.8 Å². The molecular formula is C26H27N3O7. The van der Waals surface area contributed by atoms with Crippen molar-refractivity contribution in [3.63, 3.8) is 0 Å². The summed E-state index contributed by atoms with van der Waals surface area (Å²) in [5.74, 6) is 0.894. The van der Waals surface area contributed by atoms with Crippen molar-refractivity contribution in [1.29, 1.82) is 0 Å². The van der Waals surface area contributed by atoms with Crippen LogP contribution in [0.3, 0.4) is 0 Å². The molecule has 2 amide bonds. The molecule has 36 heavy (non-hydrogen) atoms. The lowest BCUT2D eigenvalue weighted by atomic mass is 10.1. The van der Waals surface area contributed by atoms with Gasteiger partial charge in [-0.05, 0) is 55.8 Å². The van der Waals surface area contributed by atoms with Gasteiger partial charge in [0.05, 0.1) is 12.8 Å². The monoisotopic (exact) mass is 493 g/mol. The molecule has 0 saturated carbocycles. The van der Waals surface area contributed by atoms with Crippen molar-refractivity contribution in [3.8, 4) is 17.2 Å². The van der Waals surface area contributed by atoms with E-state index in [1.165, 1.54) is 11.2 Å². The second kappa shape index (κ2) is 10.9. The number of nitrogens with zero attached hydrogens (tertiary/aromatic N) is 2. The highest BCUT2D eigenvalue weighted by Crippen LogP contribution is 2.34. The fourth-order valence-corrected chi connectivity index (χ4v) is 3.48. The number of aromatic nitrogens is 1. The first-order valence-electron chi connectivity index (χ1n) is 11.5. The Balaban J connectivity index is 1.47. The third-order valence-corrected chi connectivity index (χ3v) is 5.72. The molecule has 1 aromatic heterocycles. The second-order valence-corrected chi connectivity index (χ2v) is 8.25. The minimum atomic E-state index is -0.349. The van der Waals surface area contributed by atoms with Crippen molar-refractivity contribution >= 4 is 23.3 Å². The van der Waals surface area contributed by atoms with E-state index in [1.54, 1.807) is 49.6 Å². The molecule has 10 heteroatoms. The number of methoxy groups -OCH3 is 1. The van der Waals surface area contributed by atoms with Crippen LogP contribution in [0, 0.1) is 0 Å². The number of fused-ring (bicyclic) bond motifs is 1. The molecule has 3 aromatic rings. The first-order valence-corrected chi connectivity index (χ1v) is 11.5. The summed E-state index contributed by atoms with van der Waals surface area (Å²) in [4.78, 5) is 43.4. The SMILES string of the molecule is CCC(C)NC(=O)c1coc(CN2C(=O)COc3ccc(C(=O)COc4ccc(OC)cc4)cc32)n1. The Labute approximate surface area is 208 Å². The van der Waals surface area contributed by atoms with Gasteiger partial charge in [-0.2, -0.15) is 0 Å². The largest absolute Gasteiger partial charge is 0.497 e. The van der Waals surface area contributed by atoms with Gasteiger partial charge in [0.2, 0.25) is 5.89 Å². The van der Waals surface area contributed by atoms with Crippen molar-refractivity contribution in [3.05, 3.63) is 65.9 Å². The Kier molecular flexibility index (Phi) is 7.53. The number of ketones is 1. The molecule has 1 atom stereocenters. The number of anilines is 1. The van der Waals surface area contributed by atoms with Gasteiger partial charge >= 0.3 is 0 Å². The van der Waals surface area contributed by atoms with Crippen LogP contribution < -0.4 is 24.4 Å². The van der Waals surface area contributed by atoms with Crippen LogP contribution >= 0.6 is 0 Å². The van der Waals surface area contributed by atoms with Gasteiger partial charge in [-0.1, -0.05) is 6.92 Å². The highest BCUT2D eigenvalue weighted by Gasteiger charge is 2.28. The zero-order valence-electron chi connectivity index (χ0n) is 20.3. The zero-order valence-corrected chi connectivity index (χ0v) is 20.3. The molecule has 0 fully saturated rings. The molecule has 0 radical (unpaired) electrons. The van der Waals surface area contributed by atoms with E-state index >= 15 is 0 Å². The maximum Gasteiger partial charge on any atom is 0.273 e. The molecule has 2 aromatic carbocycles. The van der Waals surface area contributed by atoms with E-state index in [0.717, 1.165) is 6.42 Å². The molecule has 1 unspecified atom stereocenters. The summed E-state index contributed by atoms with van der Waals surface area (Å²) in [5.41, 5.74) is 0.891. The third kappa shape index (κ3) is 5.65. The minimum Gasteiger partial charge on any atom is -0.497 e. The smallest absolute Gasteiger partial charge is 0.273 e. The summed E-state index contributed by atoms with van der Waals surface area (Å²) in [6.45, 7) is 3.48. The van der Waals surface area contributed by atoms with Gasteiger partial charge < -0.3 is 23.9 Å². The Morgan fingerprint density at radius 1 is 1.17 bits per heavy atom. The molecule has 0 aliphatic carbocycles. The Morgan fingerprint density at radius 3 is 2.64 bits per heavy atom. The lowest BCUT2D eigenvalue weighted by Crippen LogP contribution is -2.38. The lowest BCUT2D eigenvalue weighted by Gasteiger charge is -2.28. The molecule has 0 saturated heterocycles. The van der Waals surface area contributed by atoms with Crippen molar-refractivity contribution < 1.29 is 33.0 Å². The number of nitrogens with one attached hydrogen (secondary N) is 1. The minimum absolute atomic E-state index is 0.00462. The number of carbonyl (C=O) groups excluding carboxylic acids is 3. The van der Waals surface area contributed by atoms with Crippen molar-refractivity contribution in [2.45, 2.75) is 32.9 Å². The number of benzene rings is 2. The fourth-order valence-electron chi connectivity index (χ4n) is 3.48. The predicted molar refractivity (Wildman–Crippen MR) is 130 cm³/mol. The summed E-state index contributed by atoms with van der Waals surface area (Å²) in [6, 6.07) is 11.7. The summed E-state index contributed by atoms with van der Waals surface area (Å²) >= 11 is 0. The molecule has 1 N–H and O–H groups in total. The van der Waals surface area contributed by atoms with E-state index in [2.05, 4.69) is 10.3 Å². The topological polar surface area (TPSA) is 120 Å². The van der Waals surface area contributed by atoms with Gasteiger partial charge in [0.15, 0.2) is 24.7 Å². The van der Waals surface area contributed by atoms with Gasteiger partial charge in [-0.3, -0.25) is 19.3 Å². The number of carbonyl (C=O) groups is 3. The van der Waals surface area contributed by atoms with Gasteiger partial charge in [0.1, 0.15) is 30.1 Å². The molecule has 0 spiro atoms. The molecule has 1 aliphatic heterocycles. The van der Waals surface area contributed by atoms with E-state index in [4.69, 9.17) is 18.6 Å². The number of rotatable bonds is 10. The number of hydrogen-bond acceptors (Lipinski definition) is 8. The summed E-state index contributed by atoms with van der Waals surface area (Å²) in [6.07, 6.45) is 2.04. The molecule has 2 heterocycles. The van der Waals surface area contributed by atoms with E-state index < -0.39 is 0 Å². The van der Waals surface area contributed by atoms with E-state index in [1.807, 2.05) is 13.8 Å². The standard InChI is InChI=1S/C26H27N3O7/c1-4-16(2)27-26(32)20-13-36-24(28-20)12-29-21-11-17(5-10-23(21)35-15-25(29)31)22(30)14-34-19-8-6-18(33-3)7-9-19/h5-11,13,16H,4,12,14-15H2,1-3H3,(H,27,32). The van der Waals surface area contributed by atoms with Crippen LogP contribution in [0.5, 0.6) is 17.2 Å². The average molecular weight is 494 g/mol. The maximum absolute atomic E-state index is 12.8. The second-order valence-electron chi connectivity index (χ2n) is 8.25. The van der Waals surface area contributed by atoms with Crippen LogP contribution in [0.1, 0.15) is 47.0 Å². The molecule has 1 aliphatic rings. The van der Waals surface area contributed by atoms with Crippen molar-refractivity contribution in [2.24, 2.45) is 0 Å². The maximum atomic E-state index is 12.8. The molecule has 10 nitrogen and oxygen atoms in total. The van der Waals surface area contributed by atoms with Crippen LogP contribution in [-0.4, -0.2) is 48.9 Å². The number of oxazole rings is 1. The van der Waals surface area contributed by atoms with Crippen LogP contribution in [0.25, 0.3) is 0 Å². The van der Waals surface area contributed by atoms with Gasteiger partial charge in [0, 0.05) is 11.6 Å². The summed E-state index contributed by atoms with van der Waals surface area (Å²) in [7, 11) is 1.57. The van der Waals surface area contributed by atoms with E-state index in [0.29, 0.717) is 28.5 Å². The number of ether oxygens (including phenoxy) is 3. The Hall–Kier alpha value is -4.34. The van der Waals surface area contributed by atoms with Crippen LogP contribution in [-0.2, 0) is 11.3 Å². The number of amides is 2. The lowest BCUT2D eigenvalue weighted by molar-refractivity contribution is -0.121. The quantitative estimate of drug-likeness (QED) is 0.427. The fraction of sp³-hybridized carbons (Fsp3) is 0.308. The van der Waals surface area contributed by atoms with Gasteiger partial charge in [-0.15, -0.1) is 0 Å². The first kappa shape index (κ1) is 24.8. The first-order chi connectivity index (χ1) is 17.4. The zero-order chi connectivity index (χ0) is 25.7. The predicted octanol–water partition coefficient (Wildman–Crippen LogP) is 3.40. The van der Waals surface area contributed by atoms with Gasteiger partial charge in [-0.25, -0.2) is 4.98 Å². The average Bonchev–Trinajstić information content (AvgIpc) is 3.37. The third-order valence-electron chi connectivity index (χ3n) is 5.72. The number of hydrogen-bond donors (Lipinski definition) is 1. The molecule has 4 rings (SSSR count). The van der Waals surface area contributed by atoms with Crippen LogP contribution in [0.4, 0.5) is 5.69 Å². The van der Waals surface area contributed by atoms with Crippen LogP contribution in [0.2, 0.25) is 0 Å². The van der Waals surface area contributed by atoms with Crippen LogP contribution in [0.15, 0.2) is 53.1 Å². The normalized spacial score (nSPS) is 13.4. The Morgan fingerprint density at radius 2 is 1.92 bits per heavy atom. The summed E-state index contributed by atoms with van der Waals surface area (Å²) < 4.78 is 21.7. The van der Waals surface area contributed by atoms with E-state index in [9.17, 15) is 14.4 Å². The number of Topliss-reactive ketones (excluding diaryl/α,β-unsaturated/α-hetero) is 1. The van der Waals surface area contributed by atoms with Crippen molar-refractivity contribution in [2.75, 3.05) is 25.2 Å². The van der Waals surface area contributed by atoms with E-state index in [-0.39, 0.29) is 55.0 Å². The molecule has 0 bridgehead atoms. The Bertz CT molecular complexity index is 1250.